The fourth-order valence-corrected chi connectivity index (χ4v) is 3.05. The predicted molar refractivity (Wildman–Crippen MR) is 113 cm³/mol. The van der Waals surface area contributed by atoms with Crippen LogP contribution in [-0.4, -0.2) is 31.2 Å². The molecule has 0 N–H and O–H groups in total. The third kappa shape index (κ3) is 4.52. The largest absolute Gasteiger partial charge is 0.497 e. The van der Waals surface area contributed by atoms with Crippen molar-refractivity contribution >= 4 is 6.09 Å². The van der Waals surface area contributed by atoms with Gasteiger partial charge in [-0.3, -0.25) is 0 Å². The molecular weight excluding hydrogens is 350 g/mol. The predicted octanol–water partition coefficient (Wildman–Crippen LogP) is 5.87. The first-order chi connectivity index (χ1) is 13.6. The van der Waals surface area contributed by atoms with E-state index in [-0.39, 0.29) is 6.09 Å². The Morgan fingerprint density at radius 3 is 1.86 bits per heavy atom. The van der Waals surface area contributed by atoms with Gasteiger partial charge in [0.15, 0.2) is 0 Å². The lowest BCUT2D eigenvalue weighted by atomic mass is 10.00. The number of nitrogens with zero attached hydrogens (tertiary/aromatic N) is 1. The molecule has 3 aromatic carbocycles. The molecule has 28 heavy (non-hydrogen) atoms. The van der Waals surface area contributed by atoms with Crippen LogP contribution in [0.3, 0.4) is 0 Å². The van der Waals surface area contributed by atoms with E-state index in [4.69, 9.17) is 9.47 Å². The monoisotopic (exact) mass is 375 g/mol. The maximum absolute atomic E-state index is 12.3. The molecule has 3 rings (SSSR count). The second kappa shape index (κ2) is 9.09. The van der Waals surface area contributed by atoms with Crippen molar-refractivity contribution in [3.05, 3.63) is 72.8 Å². The van der Waals surface area contributed by atoms with Gasteiger partial charge in [-0.15, -0.1) is 0 Å². The van der Waals surface area contributed by atoms with Crippen molar-refractivity contribution in [1.29, 1.82) is 0 Å². The molecule has 0 radical (unpaired) electrons. The first-order valence-corrected chi connectivity index (χ1v) is 9.46. The van der Waals surface area contributed by atoms with Crippen molar-refractivity contribution in [3.8, 4) is 33.8 Å². The molecule has 0 aliphatic heterocycles. The summed E-state index contributed by atoms with van der Waals surface area (Å²) in [5, 5.41) is 0. The average Bonchev–Trinajstić information content (AvgIpc) is 2.75. The highest BCUT2D eigenvalue weighted by atomic mass is 16.6. The summed E-state index contributed by atoms with van der Waals surface area (Å²) in [4.78, 5) is 13.9. The van der Waals surface area contributed by atoms with Crippen LogP contribution in [0, 0.1) is 0 Å². The SMILES string of the molecule is CCN(CC)C(=O)Oc1cc(OC)cc(-c2ccc(-c3ccccc3)cc2)c1. The van der Waals surface area contributed by atoms with Crippen LogP contribution in [0.1, 0.15) is 13.8 Å². The van der Waals surface area contributed by atoms with Crippen LogP contribution < -0.4 is 9.47 Å². The Kier molecular flexibility index (Phi) is 6.33. The average molecular weight is 375 g/mol. The van der Waals surface area contributed by atoms with Gasteiger partial charge < -0.3 is 14.4 Å². The summed E-state index contributed by atoms with van der Waals surface area (Å²) >= 11 is 0. The van der Waals surface area contributed by atoms with Crippen LogP contribution in [0.2, 0.25) is 0 Å². The summed E-state index contributed by atoms with van der Waals surface area (Å²) in [5.74, 6) is 1.12. The zero-order chi connectivity index (χ0) is 19.9. The molecule has 144 valence electrons. The van der Waals surface area contributed by atoms with Crippen LogP contribution in [0.15, 0.2) is 72.8 Å². The fourth-order valence-electron chi connectivity index (χ4n) is 3.05. The van der Waals surface area contributed by atoms with E-state index >= 15 is 0 Å². The van der Waals surface area contributed by atoms with Crippen LogP contribution >= 0.6 is 0 Å². The van der Waals surface area contributed by atoms with Gasteiger partial charge in [-0.2, -0.15) is 0 Å². The second-order valence-electron chi connectivity index (χ2n) is 6.38. The second-order valence-corrected chi connectivity index (χ2v) is 6.38. The summed E-state index contributed by atoms with van der Waals surface area (Å²) in [6.45, 7) is 5.06. The molecule has 4 heteroatoms. The lowest BCUT2D eigenvalue weighted by Crippen LogP contribution is -2.33. The number of hydrogen-bond acceptors (Lipinski definition) is 3. The summed E-state index contributed by atoms with van der Waals surface area (Å²) in [5.41, 5.74) is 4.29. The van der Waals surface area contributed by atoms with E-state index in [0.29, 0.717) is 24.6 Å². The van der Waals surface area contributed by atoms with E-state index in [9.17, 15) is 4.79 Å². The van der Waals surface area contributed by atoms with Gasteiger partial charge in [0.1, 0.15) is 11.5 Å². The van der Waals surface area contributed by atoms with Crippen molar-refractivity contribution in [3.63, 3.8) is 0 Å². The molecule has 3 aromatic rings. The van der Waals surface area contributed by atoms with Gasteiger partial charge in [-0.25, -0.2) is 4.79 Å². The first kappa shape index (κ1) is 19.5. The minimum Gasteiger partial charge on any atom is -0.497 e. The molecule has 0 aromatic heterocycles. The molecule has 0 heterocycles. The quantitative estimate of drug-likeness (QED) is 0.541. The van der Waals surface area contributed by atoms with E-state index in [2.05, 4.69) is 36.4 Å². The Labute approximate surface area is 166 Å². The number of hydrogen-bond donors (Lipinski definition) is 0. The Morgan fingerprint density at radius 2 is 1.29 bits per heavy atom. The van der Waals surface area contributed by atoms with Crippen molar-refractivity contribution in [1.82, 2.24) is 4.90 Å². The zero-order valence-electron chi connectivity index (χ0n) is 16.5. The minimum atomic E-state index is -0.358. The smallest absolute Gasteiger partial charge is 0.415 e. The zero-order valence-corrected chi connectivity index (χ0v) is 16.5. The van der Waals surface area contributed by atoms with E-state index in [1.165, 1.54) is 5.56 Å². The van der Waals surface area contributed by atoms with Gasteiger partial charge in [0.2, 0.25) is 0 Å². The third-order valence-electron chi connectivity index (χ3n) is 4.67. The van der Waals surface area contributed by atoms with Gasteiger partial charge in [0, 0.05) is 19.2 Å². The number of ether oxygens (including phenoxy) is 2. The summed E-state index contributed by atoms with van der Waals surface area (Å²) < 4.78 is 11.0. The topological polar surface area (TPSA) is 38.8 Å². The van der Waals surface area contributed by atoms with E-state index in [0.717, 1.165) is 16.7 Å². The van der Waals surface area contributed by atoms with Gasteiger partial charge in [0.25, 0.3) is 0 Å². The van der Waals surface area contributed by atoms with Gasteiger partial charge >= 0.3 is 6.09 Å². The number of benzene rings is 3. The highest BCUT2D eigenvalue weighted by molar-refractivity contribution is 5.75. The van der Waals surface area contributed by atoms with Crippen LogP contribution in [-0.2, 0) is 0 Å². The fraction of sp³-hybridized carbons (Fsp3) is 0.208. The van der Waals surface area contributed by atoms with Gasteiger partial charge in [-0.05, 0) is 48.2 Å². The summed E-state index contributed by atoms with van der Waals surface area (Å²) in [7, 11) is 1.60. The lowest BCUT2D eigenvalue weighted by Gasteiger charge is -2.18. The molecule has 0 bridgehead atoms. The van der Waals surface area contributed by atoms with Crippen LogP contribution in [0.5, 0.6) is 11.5 Å². The Bertz CT molecular complexity index is 916. The Balaban J connectivity index is 1.88. The number of amides is 1. The first-order valence-electron chi connectivity index (χ1n) is 9.46. The number of carbonyl (C=O) groups excluding carboxylic acids is 1. The van der Waals surface area contributed by atoms with Crippen LogP contribution in [0.25, 0.3) is 22.3 Å². The third-order valence-corrected chi connectivity index (χ3v) is 4.67. The normalized spacial score (nSPS) is 10.4. The minimum absolute atomic E-state index is 0.358. The maximum atomic E-state index is 12.3. The van der Waals surface area contributed by atoms with E-state index < -0.39 is 0 Å². The highest BCUT2D eigenvalue weighted by Gasteiger charge is 2.14. The lowest BCUT2D eigenvalue weighted by molar-refractivity contribution is 0.157. The molecule has 0 aliphatic carbocycles. The molecule has 1 amide bonds. The molecular formula is C24H25NO3. The number of rotatable bonds is 6. The molecule has 0 unspecified atom stereocenters. The molecule has 4 nitrogen and oxygen atoms in total. The molecule has 0 spiro atoms. The molecule has 0 saturated heterocycles. The number of carbonyl (C=O) groups is 1. The summed E-state index contributed by atoms with van der Waals surface area (Å²) in [6, 6.07) is 24.1. The molecule has 0 aliphatic rings. The molecule has 0 saturated carbocycles. The maximum Gasteiger partial charge on any atom is 0.415 e. The van der Waals surface area contributed by atoms with Crippen LogP contribution in [0.4, 0.5) is 4.79 Å². The van der Waals surface area contributed by atoms with Crippen molar-refractivity contribution in [2.24, 2.45) is 0 Å². The van der Waals surface area contributed by atoms with Crippen molar-refractivity contribution < 1.29 is 14.3 Å². The van der Waals surface area contributed by atoms with E-state index in [1.807, 2.05) is 44.2 Å². The van der Waals surface area contributed by atoms with Gasteiger partial charge in [-0.1, -0.05) is 54.6 Å². The van der Waals surface area contributed by atoms with Crippen molar-refractivity contribution in [2.75, 3.05) is 20.2 Å². The Hall–Kier alpha value is -3.27. The van der Waals surface area contributed by atoms with E-state index in [1.54, 1.807) is 18.1 Å². The molecule has 0 fully saturated rings. The number of methoxy groups -OCH3 is 1. The summed E-state index contributed by atoms with van der Waals surface area (Å²) in [6.07, 6.45) is -0.358. The standard InChI is InChI=1S/C24H25NO3/c1-4-25(5-2)24(26)28-23-16-21(15-22(17-23)27-3)20-13-11-19(12-14-20)18-9-7-6-8-10-18/h6-17H,4-5H2,1-3H3. The van der Waals surface area contributed by atoms with Gasteiger partial charge in [0.05, 0.1) is 7.11 Å². The van der Waals surface area contributed by atoms with Crippen molar-refractivity contribution in [2.45, 2.75) is 13.8 Å². The molecule has 0 atom stereocenters. The highest BCUT2D eigenvalue weighted by Crippen LogP contribution is 2.31. The Morgan fingerprint density at radius 1 is 0.750 bits per heavy atom.